The van der Waals surface area contributed by atoms with Crippen molar-refractivity contribution in [3.63, 3.8) is 0 Å². The Bertz CT molecular complexity index is 153. The Kier molecular flexibility index (Phi) is 7.20. The third-order valence-electron chi connectivity index (χ3n) is 2.73. The van der Waals surface area contributed by atoms with E-state index in [0.29, 0.717) is 12.5 Å². The molecule has 1 atom stereocenters. The van der Waals surface area contributed by atoms with E-state index < -0.39 is 0 Å². The highest BCUT2D eigenvalue weighted by Gasteiger charge is 2.17. The highest BCUT2D eigenvalue weighted by molar-refractivity contribution is 4.62. The third kappa shape index (κ3) is 8.88. The fourth-order valence-electron chi connectivity index (χ4n) is 1.07. The van der Waals surface area contributed by atoms with Crippen molar-refractivity contribution in [1.29, 1.82) is 0 Å². The summed E-state index contributed by atoms with van der Waals surface area (Å²) in [6, 6.07) is 0. The van der Waals surface area contributed by atoms with Gasteiger partial charge in [0.2, 0.25) is 0 Å². The van der Waals surface area contributed by atoms with Crippen LogP contribution in [0, 0.1) is 11.8 Å². The van der Waals surface area contributed by atoms with E-state index in [2.05, 4.69) is 27.7 Å². The third-order valence-corrected chi connectivity index (χ3v) is 2.73. The Morgan fingerprint density at radius 1 is 1.07 bits per heavy atom. The summed E-state index contributed by atoms with van der Waals surface area (Å²) in [5.41, 5.74) is -0.155. The molecule has 0 saturated carbocycles. The first kappa shape index (κ1) is 14.9. The van der Waals surface area contributed by atoms with Crippen LogP contribution in [0.4, 0.5) is 0 Å². The molecule has 0 amide bonds. The first-order valence-corrected chi connectivity index (χ1v) is 6.18. The van der Waals surface area contributed by atoms with Crippen LogP contribution in [-0.4, -0.2) is 12.2 Å². The number of rotatable bonds is 8. The molecule has 0 aliphatic carbocycles. The van der Waals surface area contributed by atoms with Crippen LogP contribution in [0.15, 0.2) is 0 Å². The number of hydrogen-bond donors (Lipinski definition) is 0. The zero-order valence-electron chi connectivity index (χ0n) is 11.3. The topological polar surface area (TPSA) is 18.5 Å². The van der Waals surface area contributed by atoms with Crippen molar-refractivity contribution in [2.75, 3.05) is 6.61 Å². The van der Waals surface area contributed by atoms with E-state index in [1.54, 1.807) is 0 Å². The molecule has 0 aromatic heterocycles. The minimum absolute atomic E-state index is 0.155. The van der Waals surface area contributed by atoms with E-state index in [9.17, 15) is 0 Å². The Hall–Kier alpha value is -0.0800. The van der Waals surface area contributed by atoms with Gasteiger partial charge in [-0.2, -0.15) is 0 Å². The van der Waals surface area contributed by atoms with E-state index in [4.69, 9.17) is 9.78 Å². The molecule has 0 radical (unpaired) electrons. The molecule has 0 fully saturated rings. The van der Waals surface area contributed by atoms with E-state index in [1.165, 1.54) is 12.8 Å². The molecule has 15 heavy (non-hydrogen) atoms. The maximum Gasteiger partial charge on any atom is 0.0977 e. The lowest BCUT2D eigenvalue weighted by molar-refractivity contribution is -0.358. The van der Waals surface area contributed by atoms with Crippen molar-refractivity contribution in [3.8, 4) is 0 Å². The van der Waals surface area contributed by atoms with Gasteiger partial charge >= 0.3 is 0 Å². The largest absolute Gasteiger partial charge is 0.236 e. The first-order chi connectivity index (χ1) is 6.87. The second kappa shape index (κ2) is 7.24. The minimum atomic E-state index is -0.155. The Balaban J connectivity index is 3.50. The van der Waals surface area contributed by atoms with Crippen molar-refractivity contribution < 1.29 is 9.78 Å². The van der Waals surface area contributed by atoms with Gasteiger partial charge in [-0.15, -0.1) is 0 Å². The average molecular weight is 216 g/mol. The summed E-state index contributed by atoms with van der Waals surface area (Å²) in [5.74, 6) is 1.36. The smallest absolute Gasteiger partial charge is 0.0977 e. The molecule has 0 spiro atoms. The molecule has 0 aromatic carbocycles. The average Bonchev–Trinajstić information content (AvgIpc) is 2.14. The quantitative estimate of drug-likeness (QED) is 0.447. The molecule has 2 nitrogen and oxygen atoms in total. The molecule has 0 bridgehead atoms. The highest BCUT2D eigenvalue weighted by Crippen LogP contribution is 2.16. The first-order valence-electron chi connectivity index (χ1n) is 6.18. The van der Waals surface area contributed by atoms with Gasteiger partial charge in [0.1, 0.15) is 0 Å². The fourth-order valence-corrected chi connectivity index (χ4v) is 1.07. The van der Waals surface area contributed by atoms with Crippen molar-refractivity contribution in [2.24, 2.45) is 11.8 Å². The fraction of sp³-hybridized carbons (Fsp3) is 1.00. The van der Waals surface area contributed by atoms with E-state index >= 15 is 0 Å². The van der Waals surface area contributed by atoms with Crippen LogP contribution in [0.1, 0.15) is 60.8 Å². The monoisotopic (exact) mass is 216 g/mol. The summed E-state index contributed by atoms with van der Waals surface area (Å²) in [7, 11) is 0. The molecule has 92 valence electrons. The lowest BCUT2D eigenvalue weighted by atomic mass is 10.0. The Morgan fingerprint density at radius 3 is 2.13 bits per heavy atom. The Labute approximate surface area is 95.3 Å². The van der Waals surface area contributed by atoms with Gasteiger partial charge in [0.15, 0.2) is 0 Å². The second-order valence-corrected chi connectivity index (χ2v) is 5.56. The zero-order chi connectivity index (χ0) is 11.9. The van der Waals surface area contributed by atoms with Crippen LogP contribution in [0.5, 0.6) is 0 Å². The molecule has 0 aliphatic rings. The molecule has 0 aromatic rings. The van der Waals surface area contributed by atoms with Gasteiger partial charge in [0.05, 0.1) is 12.2 Å². The van der Waals surface area contributed by atoms with Crippen LogP contribution in [-0.2, 0) is 9.78 Å². The van der Waals surface area contributed by atoms with Gasteiger partial charge in [0.25, 0.3) is 0 Å². The van der Waals surface area contributed by atoms with Crippen LogP contribution < -0.4 is 0 Å². The SMILES string of the molecule is CCC(C)(C)OOCC(C)CCC(C)C. The van der Waals surface area contributed by atoms with Crippen LogP contribution in [0.25, 0.3) is 0 Å². The van der Waals surface area contributed by atoms with Gasteiger partial charge in [0, 0.05) is 0 Å². The molecule has 0 saturated heterocycles. The van der Waals surface area contributed by atoms with Gasteiger partial charge in [-0.3, -0.25) is 0 Å². The van der Waals surface area contributed by atoms with E-state index in [1.807, 2.05) is 13.8 Å². The van der Waals surface area contributed by atoms with Crippen LogP contribution in [0.2, 0.25) is 0 Å². The molecule has 0 heterocycles. The predicted molar refractivity (Wildman–Crippen MR) is 64.6 cm³/mol. The lowest BCUT2D eigenvalue weighted by Gasteiger charge is -2.22. The molecule has 0 rings (SSSR count). The van der Waals surface area contributed by atoms with Crippen LogP contribution in [0.3, 0.4) is 0 Å². The summed E-state index contributed by atoms with van der Waals surface area (Å²) >= 11 is 0. The minimum Gasteiger partial charge on any atom is -0.236 e. The maximum atomic E-state index is 5.36. The molecule has 1 unspecified atom stereocenters. The lowest BCUT2D eigenvalue weighted by Crippen LogP contribution is -2.24. The summed E-state index contributed by atoms with van der Waals surface area (Å²) in [5, 5.41) is 0. The van der Waals surface area contributed by atoms with Crippen molar-refractivity contribution in [3.05, 3.63) is 0 Å². The second-order valence-electron chi connectivity index (χ2n) is 5.56. The van der Waals surface area contributed by atoms with Gasteiger partial charge in [-0.25, -0.2) is 9.78 Å². The van der Waals surface area contributed by atoms with Crippen molar-refractivity contribution >= 4 is 0 Å². The molecule has 2 heteroatoms. The van der Waals surface area contributed by atoms with Gasteiger partial charge < -0.3 is 0 Å². The normalized spacial score (nSPS) is 14.6. The predicted octanol–water partition coefficient (Wildman–Crippen LogP) is 4.20. The molecular formula is C13H28O2. The zero-order valence-corrected chi connectivity index (χ0v) is 11.3. The van der Waals surface area contributed by atoms with Crippen LogP contribution >= 0.6 is 0 Å². The summed E-state index contributed by atoms with van der Waals surface area (Å²) < 4.78 is 0. The van der Waals surface area contributed by atoms with Crippen molar-refractivity contribution in [2.45, 2.75) is 66.4 Å². The molecule has 0 aliphatic heterocycles. The van der Waals surface area contributed by atoms with Crippen molar-refractivity contribution in [1.82, 2.24) is 0 Å². The molecular weight excluding hydrogens is 188 g/mol. The van der Waals surface area contributed by atoms with E-state index in [-0.39, 0.29) is 5.60 Å². The summed E-state index contributed by atoms with van der Waals surface area (Å²) in [4.78, 5) is 10.6. The Morgan fingerprint density at radius 2 is 1.67 bits per heavy atom. The van der Waals surface area contributed by atoms with Gasteiger partial charge in [-0.1, -0.05) is 34.1 Å². The van der Waals surface area contributed by atoms with Gasteiger partial charge in [-0.05, 0) is 38.5 Å². The number of hydrogen-bond acceptors (Lipinski definition) is 2. The maximum absolute atomic E-state index is 5.36. The molecule has 0 N–H and O–H groups in total. The van der Waals surface area contributed by atoms with E-state index in [0.717, 1.165) is 12.3 Å². The summed E-state index contributed by atoms with van der Waals surface area (Å²) in [6.07, 6.45) is 3.45. The standard InChI is InChI=1S/C13H28O2/c1-7-13(5,6)15-14-10-12(4)9-8-11(2)3/h11-12H,7-10H2,1-6H3. The highest BCUT2D eigenvalue weighted by atomic mass is 17.2. The summed E-state index contributed by atoms with van der Waals surface area (Å²) in [6.45, 7) is 13.6.